The van der Waals surface area contributed by atoms with Gasteiger partial charge in [0.15, 0.2) is 0 Å². The molecule has 9 heteroatoms. The first-order valence-corrected chi connectivity index (χ1v) is 14.9. The van der Waals surface area contributed by atoms with Crippen molar-refractivity contribution in [1.29, 1.82) is 0 Å². The number of likely N-dealkylation sites (tertiary alicyclic amines) is 1. The van der Waals surface area contributed by atoms with Crippen molar-refractivity contribution in [3.05, 3.63) is 26.8 Å². The fourth-order valence-electron chi connectivity index (χ4n) is 3.51. The van der Waals surface area contributed by atoms with E-state index in [0.29, 0.717) is 19.8 Å². The molecule has 0 unspecified atom stereocenters. The maximum absolute atomic E-state index is 11.2. The van der Waals surface area contributed by atoms with E-state index in [-0.39, 0.29) is 5.92 Å². The van der Waals surface area contributed by atoms with Gasteiger partial charge in [0.25, 0.3) is 0 Å². The third kappa shape index (κ3) is 5.17. The van der Waals surface area contributed by atoms with Gasteiger partial charge in [-0.05, 0) is 46.9 Å². The molecule has 0 bridgehead atoms. The number of hydrogen-bond donors (Lipinski definition) is 1. The lowest BCUT2D eigenvalue weighted by atomic mass is 9.92. The number of amides is 1. The zero-order valence-corrected chi connectivity index (χ0v) is 20.7. The number of hydrogen-bond acceptors (Lipinski definition) is 3. The molecule has 1 N–H and O–H groups in total. The van der Waals surface area contributed by atoms with Crippen LogP contribution in [0.5, 0.6) is 0 Å². The topological polar surface area (TPSA) is 67.6 Å². The van der Waals surface area contributed by atoms with Crippen LogP contribution in [0.1, 0.15) is 24.5 Å². The molecule has 0 atom stereocenters. The van der Waals surface area contributed by atoms with Crippen molar-refractivity contribution in [1.82, 2.24) is 14.7 Å². The number of fused-ring (bicyclic) bond motifs is 1. The van der Waals surface area contributed by atoms with E-state index in [1.165, 1.54) is 4.90 Å². The van der Waals surface area contributed by atoms with Crippen molar-refractivity contribution in [3.8, 4) is 0 Å². The predicted molar refractivity (Wildman–Crippen MR) is 121 cm³/mol. The van der Waals surface area contributed by atoms with E-state index >= 15 is 0 Å². The van der Waals surface area contributed by atoms with Crippen molar-refractivity contribution in [3.63, 3.8) is 0 Å². The van der Waals surface area contributed by atoms with E-state index in [9.17, 15) is 9.90 Å². The molecule has 3 rings (SSSR count). The number of piperidine rings is 1. The number of halogens is 2. The van der Waals surface area contributed by atoms with Crippen LogP contribution in [0.4, 0.5) is 4.79 Å². The number of carbonyl (C=O) groups is 1. The van der Waals surface area contributed by atoms with Gasteiger partial charge in [-0.1, -0.05) is 35.6 Å². The zero-order valence-electron chi connectivity index (χ0n) is 16.5. The minimum Gasteiger partial charge on any atom is -0.465 e. The summed E-state index contributed by atoms with van der Waals surface area (Å²) in [5.41, 5.74) is 2.07. The monoisotopic (exact) mass is 531 g/mol. The second kappa shape index (κ2) is 8.85. The highest BCUT2D eigenvalue weighted by atomic mass is 79.9. The molecule has 0 radical (unpaired) electrons. The summed E-state index contributed by atoms with van der Waals surface area (Å²) >= 11 is 7.27. The van der Waals surface area contributed by atoms with Crippen molar-refractivity contribution >= 4 is 56.9 Å². The van der Waals surface area contributed by atoms with Crippen LogP contribution in [-0.2, 0) is 11.5 Å². The van der Waals surface area contributed by atoms with Gasteiger partial charge in [0.2, 0.25) is 0 Å². The average Bonchev–Trinajstić information content (AvgIpc) is 2.97. The van der Waals surface area contributed by atoms with Gasteiger partial charge in [0.1, 0.15) is 6.73 Å². The molecule has 2 heterocycles. The van der Waals surface area contributed by atoms with Crippen molar-refractivity contribution < 1.29 is 14.6 Å². The summed E-state index contributed by atoms with van der Waals surface area (Å²) in [6.07, 6.45) is 0.740. The predicted octanol–water partition coefficient (Wildman–Crippen LogP) is 5.73. The molecule has 1 saturated heterocycles. The molecule has 0 saturated carbocycles. The molecule has 1 aliphatic heterocycles. The highest BCUT2D eigenvalue weighted by Gasteiger charge is 2.28. The summed E-state index contributed by atoms with van der Waals surface area (Å²) < 4.78 is 9.88. The Labute approximate surface area is 183 Å². The van der Waals surface area contributed by atoms with Gasteiger partial charge in [-0.3, -0.25) is 0 Å². The van der Waals surface area contributed by atoms with Gasteiger partial charge in [0.05, 0.1) is 11.2 Å². The highest BCUT2D eigenvalue weighted by molar-refractivity contribution is 9.11. The first kappa shape index (κ1) is 21.8. The molecular formula is C19H27Br2N3O3Si. The van der Waals surface area contributed by atoms with E-state index in [1.807, 2.05) is 10.7 Å². The SMILES string of the molecule is C[Si](C)(C)CCOCn1nc(C2CCN(C(=O)O)CC2)c2c(Br)cc(Br)cc21. The van der Waals surface area contributed by atoms with Gasteiger partial charge in [-0.25, -0.2) is 9.48 Å². The third-order valence-corrected chi connectivity index (χ3v) is 7.95. The number of benzene rings is 1. The van der Waals surface area contributed by atoms with Crippen LogP contribution in [0, 0.1) is 0 Å². The average molecular weight is 533 g/mol. The smallest absolute Gasteiger partial charge is 0.407 e. The molecule has 0 aliphatic carbocycles. The molecule has 1 aromatic heterocycles. The number of aromatic nitrogens is 2. The van der Waals surface area contributed by atoms with Crippen molar-refractivity contribution in [2.45, 2.75) is 51.2 Å². The summed E-state index contributed by atoms with van der Waals surface area (Å²) in [5, 5.41) is 15.2. The first-order valence-electron chi connectivity index (χ1n) is 9.57. The fraction of sp³-hybridized carbons (Fsp3) is 0.579. The van der Waals surface area contributed by atoms with Crippen molar-refractivity contribution in [2.75, 3.05) is 19.7 Å². The summed E-state index contributed by atoms with van der Waals surface area (Å²) in [4.78, 5) is 12.7. The maximum atomic E-state index is 11.2. The molecule has 0 spiro atoms. The summed E-state index contributed by atoms with van der Waals surface area (Å²) in [5.74, 6) is 0.249. The van der Waals surface area contributed by atoms with Gasteiger partial charge in [-0.15, -0.1) is 0 Å². The lowest BCUT2D eigenvalue weighted by molar-refractivity contribution is 0.0810. The van der Waals surface area contributed by atoms with E-state index in [1.54, 1.807) is 0 Å². The molecule has 1 fully saturated rings. The maximum Gasteiger partial charge on any atom is 0.407 e. The van der Waals surface area contributed by atoms with Crippen LogP contribution in [0.2, 0.25) is 25.7 Å². The number of rotatable bonds is 6. The third-order valence-electron chi connectivity index (χ3n) is 5.16. The number of nitrogens with zero attached hydrogens (tertiary/aromatic N) is 3. The Morgan fingerprint density at radius 1 is 1.29 bits per heavy atom. The Bertz CT molecular complexity index is 858. The lowest BCUT2D eigenvalue weighted by Gasteiger charge is -2.29. The molecular weight excluding hydrogens is 506 g/mol. The number of ether oxygens (including phenoxy) is 1. The quantitative estimate of drug-likeness (QED) is 0.381. The van der Waals surface area contributed by atoms with Crippen LogP contribution in [0.25, 0.3) is 10.9 Å². The summed E-state index contributed by atoms with van der Waals surface area (Å²) in [6, 6.07) is 5.24. The Kier molecular flexibility index (Phi) is 6.89. The zero-order chi connectivity index (χ0) is 20.5. The van der Waals surface area contributed by atoms with E-state index in [0.717, 1.165) is 51.0 Å². The van der Waals surface area contributed by atoms with Crippen LogP contribution < -0.4 is 0 Å². The molecule has 1 aliphatic rings. The Hall–Kier alpha value is -0.903. The normalized spacial score (nSPS) is 16.1. The van der Waals surface area contributed by atoms with Crippen molar-refractivity contribution in [2.24, 2.45) is 0 Å². The molecule has 2 aromatic rings. The summed E-state index contributed by atoms with van der Waals surface area (Å²) in [6.45, 7) is 9.31. The van der Waals surface area contributed by atoms with Gasteiger partial charge in [-0.2, -0.15) is 5.10 Å². The standard InChI is InChI=1S/C19H27Br2N3O3Si/c1-28(2,3)9-8-27-12-24-16-11-14(20)10-15(21)17(16)18(22-24)13-4-6-23(7-5-13)19(25)26/h10-11,13H,4-9,12H2,1-3H3,(H,25,26). The Balaban J connectivity index is 1.84. The minimum atomic E-state index is -1.13. The number of carboxylic acid groups (broad SMARTS) is 1. The largest absolute Gasteiger partial charge is 0.465 e. The molecule has 154 valence electrons. The highest BCUT2D eigenvalue weighted by Crippen LogP contribution is 2.38. The van der Waals surface area contributed by atoms with Gasteiger partial charge in [0, 0.05) is 48.0 Å². The van der Waals surface area contributed by atoms with E-state index < -0.39 is 14.2 Å². The molecule has 6 nitrogen and oxygen atoms in total. The fourth-order valence-corrected chi connectivity index (χ4v) is 5.67. The molecule has 28 heavy (non-hydrogen) atoms. The second-order valence-corrected chi connectivity index (χ2v) is 15.9. The minimum absolute atomic E-state index is 0.249. The second-order valence-electron chi connectivity index (χ2n) is 8.56. The first-order chi connectivity index (χ1) is 13.2. The molecule has 1 amide bonds. The van der Waals surface area contributed by atoms with E-state index in [2.05, 4.69) is 57.6 Å². The van der Waals surface area contributed by atoms with Crippen LogP contribution in [0.3, 0.4) is 0 Å². The van der Waals surface area contributed by atoms with Crippen LogP contribution >= 0.6 is 31.9 Å². The van der Waals surface area contributed by atoms with Crippen LogP contribution in [-0.4, -0.2) is 53.7 Å². The van der Waals surface area contributed by atoms with Gasteiger partial charge < -0.3 is 14.7 Å². The lowest BCUT2D eigenvalue weighted by Crippen LogP contribution is -2.36. The van der Waals surface area contributed by atoms with E-state index in [4.69, 9.17) is 9.84 Å². The summed E-state index contributed by atoms with van der Waals surface area (Å²) in [7, 11) is -1.13. The van der Waals surface area contributed by atoms with Gasteiger partial charge >= 0.3 is 6.09 Å². The van der Waals surface area contributed by atoms with Crippen LogP contribution in [0.15, 0.2) is 21.1 Å². The Morgan fingerprint density at radius 3 is 2.57 bits per heavy atom. The Morgan fingerprint density at radius 2 is 1.96 bits per heavy atom. The molecule has 1 aromatic carbocycles.